The van der Waals surface area contributed by atoms with Crippen molar-refractivity contribution >= 4 is 16.2 Å². The summed E-state index contributed by atoms with van der Waals surface area (Å²) in [5.41, 5.74) is 0. The Bertz CT molecular complexity index is 452. The molecule has 21 heavy (non-hydrogen) atoms. The predicted molar refractivity (Wildman–Crippen MR) is 81.1 cm³/mol. The van der Waals surface area contributed by atoms with Crippen molar-refractivity contribution in [1.29, 1.82) is 0 Å². The van der Waals surface area contributed by atoms with Crippen molar-refractivity contribution in [3.8, 4) is 0 Å². The van der Waals surface area contributed by atoms with Crippen LogP contribution < -0.4 is 10.0 Å². The predicted octanol–water partition coefficient (Wildman–Crippen LogP) is 0.499. The molecular formula is C13H26N4O3S. The normalized spacial score (nSPS) is 22.0. The molecule has 2 aliphatic rings. The molecule has 2 rings (SSSR count). The van der Waals surface area contributed by atoms with Crippen LogP contribution in [0.4, 0.5) is 4.79 Å². The molecule has 0 radical (unpaired) electrons. The number of urea groups is 1. The zero-order chi connectivity index (χ0) is 15.5. The van der Waals surface area contributed by atoms with E-state index in [-0.39, 0.29) is 12.1 Å². The number of nitrogens with zero attached hydrogens (tertiary/aromatic N) is 2. The Hall–Kier alpha value is -0.860. The summed E-state index contributed by atoms with van der Waals surface area (Å²) in [6.07, 6.45) is 5.85. The summed E-state index contributed by atoms with van der Waals surface area (Å²) in [5, 5.41) is 3.07. The van der Waals surface area contributed by atoms with Crippen LogP contribution in [-0.2, 0) is 10.2 Å². The van der Waals surface area contributed by atoms with E-state index in [0.717, 1.165) is 12.8 Å². The van der Waals surface area contributed by atoms with E-state index in [0.29, 0.717) is 32.0 Å². The molecule has 0 unspecified atom stereocenters. The summed E-state index contributed by atoms with van der Waals surface area (Å²) in [7, 11) is -0.377. The average molecular weight is 318 g/mol. The van der Waals surface area contributed by atoms with E-state index in [1.165, 1.54) is 31.2 Å². The number of piperidine rings is 1. The van der Waals surface area contributed by atoms with Gasteiger partial charge in [-0.15, -0.1) is 0 Å². The van der Waals surface area contributed by atoms with Crippen LogP contribution in [0.1, 0.15) is 38.5 Å². The van der Waals surface area contributed by atoms with Gasteiger partial charge in [0.25, 0.3) is 10.2 Å². The van der Waals surface area contributed by atoms with E-state index >= 15 is 0 Å². The van der Waals surface area contributed by atoms with Gasteiger partial charge >= 0.3 is 6.03 Å². The molecule has 1 aliphatic carbocycles. The van der Waals surface area contributed by atoms with Gasteiger partial charge in [-0.05, 0) is 25.7 Å². The Morgan fingerprint density at radius 1 is 1.05 bits per heavy atom. The van der Waals surface area contributed by atoms with E-state index in [4.69, 9.17) is 0 Å². The lowest BCUT2D eigenvalue weighted by Crippen LogP contribution is -2.52. The zero-order valence-corrected chi connectivity index (χ0v) is 13.7. The van der Waals surface area contributed by atoms with Crippen LogP contribution in [0.2, 0.25) is 0 Å². The van der Waals surface area contributed by atoms with Gasteiger partial charge in [-0.1, -0.05) is 12.8 Å². The third-order valence-electron chi connectivity index (χ3n) is 4.26. The summed E-state index contributed by atoms with van der Waals surface area (Å²) in [6.45, 7) is 1.19. The van der Waals surface area contributed by atoms with E-state index in [9.17, 15) is 13.2 Å². The Balaban J connectivity index is 1.76. The lowest BCUT2D eigenvalue weighted by molar-refractivity contribution is 0.176. The summed E-state index contributed by atoms with van der Waals surface area (Å²) >= 11 is 0. The largest absolute Gasteiger partial charge is 0.335 e. The van der Waals surface area contributed by atoms with Gasteiger partial charge in [0.15, 0.2) is 0 Å². The molecule has 0 bridgehead atoms. The minimum absolute atomic E-state index is 0.00387. The van der Waals surface area contributed by atoms with Gasteiger partial charge in [0.05, 0.1) is 0 Å². The molecule has 7 nitrogen and oxygen atoms in total. The van der Waals surface area contributed by atoms with Crippen LogP contribution >= 0.6 is 0 Å². The highest BCUT2D eigenvalue weighted by Crippen LogP contribution is 2.18. The van der Waals surface area contributed by atoms with Crippen molar-refractivity contribution in [2.24, 2.45) is 0 Å². The molecule has 8 heteroatoms. The summed E-state index contributed by atoms with van der Waals surface area (Å²) < 4.78 is 27.4. The molecule has 0 spiro atoms. The Kier molecular flexibility index (Phi) is 5.45. The van der Waals surface area contributed by atoms with Gasteiger partial charge in [0.1, 0.15) is 0 Å². The number of nitrogens with one attached hydrogen (secondary N) is 2. The number of carbonyl (C=O) groups is 1. The number of hydrogen-bond acceptors (Lipinski definition) is 3. The zero-order valence-electron chi connectivity index (χ0n) is 12.8. The summed E-state index contributed by atoms with van der Waals surface area (Å²) in [6, 6.07) is 0.228. The maximum absolute atomic E-state index is 12.1. The van der Waals surface area contributed by atoms with Crippen LogP contribution in [0.5, 0.6) is 0 Å². The fourth-order valence-corrected chi connectivity index (χ4v) is 3.72. The first kappa shape index (κ1) is 16.5. The van der Waals surface area contributed by atoms with Crippen LogP contribution in [0, 0.1) is 0 Å². The molecule has 122 valence electrons. The smallest absolute Gasteiger partial charge is 0.317 e. The third kappa shape index (κ3) is 4.55. The number of hydrogen-bond donors (Lipinski definition) is 2. The summed E-state index contributed by atoms with van der Waals surface area (Å²) in [5.74, 6) is 0. The molecule has 1 heterocycles. The fourth-order valence-electron chi connectivity index (χ4n) is 2.85. The quantitative estimate of drug-likeness (QED) is 0.792. The molecule has 1 saturated carbocycles. The van der Waals surface area contributed by atoms with Crippen LogP contribution in [0.15, 0.2) is 0 Å². The Morgan fingerprint density at radius 3 is 2.14 bits per heavy atom. The monoisotopic (exact) mass is 318 g/mol. The second-order valence-electron chi connectivity index (χ2n) is 6.10. The van der Waals surface area contributed by atoms with E-state index in [1.807, 2.05) is 0 Å². The highest BCUT2D eigenvalue weighted by Gasteiger charge is 2.28. The van der Waals surface area contributed by atoms with Gasteiger partial charge in [-0.3, -0.25) is 0 Å². The molecule has 0 aromatic heterocycles. The van der Waals surface area contributed by atoms with Gasteiger partial charge in [-0.25, -0.2) is 4.79 Å². The van der Waals surface area contributed by atoms with Gasteiger partial charge in [-0.2, -0.15) is 17.4 Å². The molecule has 0 atom stereocenters. The molecule has 1 saturated heterocycles. The van der Waals surface area contributed by atoms with Crippen molar-refractivity contribution in [3.05, 3.63) is 0 Å². The number of amides is 2. The lowest BCUT2D eigenvalue weighted by atomic mass is 10.1. The molecule has 2 N–H and O–H groups in total. The Morgan fingerprint density at radius 2 is 1.62 bits per heavy atom. The van der Waals surface area contributed by atoms with Crippen molar-refractivity contribution in [1.82, 2.24) is 19.2 Å². The first-order chi connectivity index (χ1) is 9.88. The molecule has 0 aromatic carbocycles. The average Bonchev–Trinajstić information content (AvgIpc) is 2.91. The second kappa shape index (κ2) is 6.93. The highest BCUT2D eigenvalue weighted by molar-refractivity contribution is 7.87. The maximum Gasteiger partial charge on any atom is 0.317 e. The highest BCUT2D eigenvalue weighted by atomic mass is 32.2. The molecule has 2 fully saturated rings. The number of likely N-dealkylation sites (tertiary alicyclic amines) is 1. The minimum Gasteiger partial charge on any atom is -0.335 e. The fraction of sp³-hybridized carbons (Fsp3) is 0.923. The SMILES string of the molecule is CN(C)S(=O)(=O)NC1CCN(C(=O)NC2CCCC2)CC1. The minimum atomic E-state index is -3.39. The summed E-state index contributed by atoms with van der Waals surface area (Å²) in [4.78, 5) is 13.9. The van der Waals surface area contributed by atoms with Gasteiger partial charge in [0.2, 0.25) is 0 Å². The number of rotatable bonds is 4. The Labute approximate surface area is 127 Å². The molecule has 2 amide bonds. The molecule has 0 aromatic rings. The van der Waals surface area contributed by atoms with Gasteiger partial charge < -0.3 is 10.2 Å². The van der Waals surface area contributed by atoms with Crippen molar-refractivity contribution in [2.75, 3.05) is 27.2 Å². The maximum atomic E-state index is 12.1. The van der Waals surface area contributed by atoms with Crippen molar-refractivity contribution in [3.63, 3.8) is 0 Å². The van der Waals surface area contributed by atoms with Crippen molar-refractivity contribution in [2.45, 2.75) is 50.6 Å². The van der Waals surface area contributed by atoms with E-state index in [2.05, 4.69) is 10.0 Å². The second-order valence-corrected chi connectivity index (χ2v) is 8.01. The van der Waals surface area contributed by atoms with Crippen LogP contribution in [-0.4, -0.2) is 62.9 Å². The molecular weight excluding hydrogens is 292 g/mol. The van der Waals surface area contributed by atoms with E-state index in [1.54, 1.807) is 4.90 Å². The number of carbonyl (C=O) groups excluding carboxylic acids is 1. The van der Waals surface area contributed by atoms with Crippen LogP contribution in [0.25, 0.3) is 0 Å². The van der Waals surface area contributed by atoms with Gasteiger partial charge in [0, 0.05) is 39.3 Å². The van der Waals surface area contributed by atoms with Crippen molar-refractivity contribution < 1.29 is 13.2 Å². The van der Waals surface area contributed by atoms with E-state index < -0.39 is 10.2 Å². The lowest BCUT2D eigenvalue weighted by Gasteiger charge is -2.33. The molecule has 1 aliphatic heterocycles. The standard InChI is InChI=1S/C13H26N4O3S/c1-16(2)21(19,20)15-12-7-9-17(10-8-12)13(18)14-11-5-3-4-6-11/h11-12,15H,3-10H2,1-2H3,(H,14,18). The first-order valence-corrected chi connectivity index (χ1v) is 9.08. The first-order valence-electron chi connectivity index (χ1n) is 7.63. The topological polar surface area (TPSA) is 81.8 Å². The van der Waals surface area contributed by atoms with Crippen LogP contribution in [0.3, 0.4) is 0 Å². The third-order valence-corrected chi connectivity index (χ3v) is 5.85.